The lowest BCUT2D eigenvalue weighted by Crippen LogP contribution is -2.41. The molecular weight excluding hydrogens is 391 g/mol. The molecule has 1 N–H and O–H groups in total. The number of halogens is 1. The molecule has 0 bridgehead atoms. The van der Waals surface area contributed by atoms with Gasteiger partial charge in [0.25, 0.3) is 5.56 Å². The molecule has 1 aliphatic carbocycles. The lowest BCUT2D eigenvalue weighted by molar-refractivity contribution is 0.411. The second-order valence-corrected chi connectivity index (χ2v) is 9.45. The third-order valence-corrected chi connectivity index (χ3v) is 6.31. The molecule has 0 radical (unpaired) electrons. The maximum atomic E-state index is 12.4. The van der Waals surface area contributed by atoms with Crippen LogP contribution in [0, 0.1) is 5.82 Å². The first kappa shape index (κ1) is 21.6. The molecule has 1 saturated carbocycles. The highest BCUT2D eigenvalue weighted by Crippen LogP contribution is 2.39. The Kier molecular flexibility index (Phi) is 7.55. The molecule has 0 spiro atoms. The zero-order chi connectivity index (χ0) is 20.8. The van der Waals surface area contributed by atoms with E-state index in [4.69, 9.17) is 0 Å². The Hall–Kier alpha value is -2.06. The number of likely N-dealkylation sites (N-methyl/N-ethyl adjacent to an activating group) is 1. The summed E-state index contributed by atoms with van der Waals surface area (Å²) in [5.74, 6) is 2.30. The maximum Gasteiger partial charge on any atom is 0.290 e. The average Bonchev–Trinajstić information content (AvgIpc) is 3.54. The SMILES string of the molecule is CN(C)CCc1c[nH]c(=O)c(N2CCS(=O)CC2)n1.Fc1ccc(C2CC2)cc1. The van der Waals surface area contributed by atoms with Crippen LogP contribution >= 0.6 is 0 Å². The van der Waals surface area contributed by atoms with Crippen LogP contribution in [0.15, 0.2) is 35.3 Å². The fourth-order valence-electron chi connectivity index (χ4n) is 3.11. The third-order valence-electron chi connectivity index (χ3n) is 5.03. The van der Waals surface area contributed by atoms with Gasteiger partial charge in [-0.1, -0.05) is 12.1 Å². The van der Waals surface area contributed by atoms with Gasteiger partial charge in [0, 0.05) is 54.6 Å². The van der Waals surface area contributed by atoms with E-state index >= 15 is 0 Å². The highest BCUT2D eigenvalue weighted by atomic mass is 32.2. The fourth-order valence-corrected chi connectivity index (χ4v) is 4.17. The van der Waals surface area contributed by atoms with Crippen molar-refractivity contribution in [1.29, 1.82) is 0 Å². The summed E-state index contributed by atoms with van der Waals surface area (Å²) in [6, 6.07) is 6.83. The van der Waals surface area contributed by atoms with Gasteiger partial charge >= 0.3 is 0 Å². The van der Waals surface area contributed by atoms with Gasteiger partial charge in [0.1, 0.15) is 5.82 Å². The number of aromatic nitrogens is 2. The number of rotatable bonds is 5. The van der Waals surface area contributed by atoms with Gasteiger partial charge in [-0.2, -0.15) is 0 Å². The lowest BCUT2D eigenvalue weighted by Gasteiger charge is -2.26. The molecule has 4 rings (SSSR count). The number of aromatic amines is 1. The standard InChI is InChI=1S/C12H20N4O2S.C9H9F/c1-15(2)4-3-10-9-13-12(17)11(14-10)16-5-7-19(18)8-6-16;10-9-5-3-8(4-6-9)7-1-2-7/h9H,3-8H2,1-2H3,(H,13,17);3-7H,1-2H2. The number of nitrogens with one attached hydrogen (secondary N) is 1. The molecule has 1 aromatic carbocycles. The first-order valence-electron chi connectivity index (χ1n) is 10.0. The summed E-state index contributed by atoms with van der Waals surface area (Å²) in [5, 5.41) is 0. The van der Waals surface area contributed by atoms with E-state index in [1.165, 1.54) is 30.5 Å². The molecule has 0 atom stereocenters. The zero-order valence-corrected chi connectivity index (χ0v) is 17.9. The van der Waals surface area contributed by atoms with Gasteiger partial charge < -0.3 is 14.8 Å². The summed E-state index contributed by atoms with van der Waals surface area (Å²) in [6.45, 7) is 2.17. The quantitative estimate of drug-likeness (QED) is 0.803. The van der Waals surface area contributed by atoms with Crippen molar-refractivity contribution in [3.05, 3.63) is 57.9 Å². The van der Waals surface area contributed by atoms with Crippen molar-refractivity contribution in [2.24, 2.45) is 0 Å². The van der Waals surface area contributed by atoms with Crippen molar-refractivity contribution >= 4 is 16.6 Å². The molecule has 0 unspecified atom stereocenters. The van der Waals surface area contributed by atoms with Crippen LogP contribution in [0.25, 0.3) is 0 Å². The Balaban J connectivity index is 0.000000200. The monoisotopic (exact) mass is 420 g/mol. The molecule has 1 aliphatic heterocycles. The van der Waals surface area contributed by atoms with E-state index in [9.17, 15) is 13.4 Å². The van der Waals surface area contributed by atoms with Crippen LogP contribution in [0.4, 0.5) is 10.2 Å². The number of nitrogens with zero attached hydrogens (tertiary/aromatic N) is 3. The van der Waals surface area contributed by atoms with Crippen LogP contribution in [-0.4, -0.2) is 64.3 Å². The van der Waals surface area contributed by atoms with Crippen LogP contribution in [0.5, 0.6) is 0 Å². The maximum absolute atomic E-state index is 12.4. The van der Waals surface area contributed by atoms with Crippen molar-refractivity contribution in [3.63, 3.8) is 0 Å². The van der Waals surface area contributed by atoms with Crippen molar-refractivity contribution in [1.82, 2.24) is 14.9 Å². The first-order valence-corrected chi connectivity index (χ1v) is 11.5. The van der Waals surface area contributed by atoms with Crippen LogP contribution in [0.2, 0.25) is 0 Å². The van der Waals surface area contributed by atoms with E-state index in [1.807, 2.05) is 31.1 Å². The molecule has 8 heteroatoms. The average molecular weight is 421 g/mol. The van der Waals surface area contributed by atoms with Crippen molar-refractivity contribution in [3.8, 4) is 0 Å². The van der Waals surface area contributed by atoms with Gasteiger partial charge in [0.2, 0.25) is 0 Å². The molecule has 1 saturated heterocycles. The van der Waals surface area contributed by atoms with Crippen LogP contribution in [0.3, 0.4) is 0 Å². The molecule has 2 heterocycles. The molecule has 2 aromatic rings. The Morgan fingerprint density at radius 2 is 1.86 bits per heavy atom. The minimum atomic E-state index is -0.745. The van der Waals surface area contributed by atoms with Crippen molar-refractivity contribution < 1.29 is 8.60 Å². The summed E-state index contributed by atoms with van der Waals surface area (Å²) in [5.41, 5.74) is 2.01. The second-order valence-electron chi connectivity index (χ2n) is 7.76. The van der Waals surface area contributed by atoms with E-state index in [1.54, 1.807) is 6.20 Å². The predicted molar refractivity (Wildman–Crippen MR) is 116 cm³/mol. The van der Waals surface area contributed by atoms with Gasteiger partial charge in [0.15, 0.2) is 5.82 Å². The fraction of sp³-hybridized carbons (Fsp3) is 0.524. The van der Waals surface area contributed by atoms with Gasteiger partial charge in [-0.3, -0.25) is 9.00 Å². The normalized spacial score (nSPS) is 17.2. The number of H-pyrrole nitrogens is 1. The molecule has 2 aliphatic rings. The Labute approximate surface area is 173 Å². The molecule has 0 amide bonds. The largest absolute Gasteiger partial charge is 0.350 e. The number of hydrogen-bond donors (Lipinski definition) is 1. The van der Waals surface area contributed by atoms with Crippen LogP contribution in [0.1, 0.15) is 30.0 Å². The van der Waals surface area contributed by atoms with Crippen LogP contribution in [-0.2, 0) is 17.2 Å². The minimum Gasteiger partial charge on any atom is -0.350 e. The Morgan fingerprint density at radius 3 is 2.45 bits per heavy atom. The Morgan fingerprint density at radius 1 is 1.21 bits per heavy atom. The highest BCUT2D eigenvalue weighted by Gasteiger charge is 2.22. The molecular formula is C21H29FN4O2S. The first-order chi connectivity index (χ1) is 13.9. The summed E-state index contributed by atoms with van der Waals surface area (Å²) in [4.78, 5) is 23.1. The molecule has 2 fully saturated rings. The van der Waals surface area contributed by atoms with Gasteiger partial charge in [-0.15, -0.1) is 0 Å². The lowest BCUT2D eigenvalue weighted by atomic mass is 10.1. The highest BCUT2D eigenvalue weighted by molar-refractivity contribution is 7.85. The van der Waals surface area contributed by atoms with Gasteiger partial charge in [0.05, 0.1) is 5.69 Å². The Bertz CT molecular complexity index is 871. The minimum absolute atomic E-state index is 0.135. The van der Waals surface area contributed by atoms with E-state index in [0.717, 1.165) is 24.6 Å². The van der Waals surface area contributed by atoms with E-state index < -0.39 is 10.8 Å². The summed E-state index contributed by atoms with van der Waals surface area (Å²) in [7, 11) is 3.27. The number of hydrogen-bond acceptors (Lipinski definition) is 5. The summed E-state index contributed by atoms with van der Waals surface area (Å²) >= 11 is 0. The van der Waals surface area contributed by atoms with Crippen molar-refractivity contribution in [2.45, 2.75) is 25.2 Å². The molecule has 6 nitrogen and oxygen atoms in total. The molecule has 1 aromatic heterocycles. The molecule has 158 valence electrons. The summed E-state index contributed by atoms with van der Waals surface area (Å²) < 4.78 is 23.7. The van der Waals surface area contributed by atoms with E-state index in [0.29, 0.717) is 30.4 Å². The predicted octanol–water partition coefficient (Wildman–Crippen LogP) is 2.15. The van der Waals surface area contributed by atoms with E-state index in [-0.39, 0.29) is 11.4 Å². The van der Waals surface area contributed by atoms with E-state index in [2.05, 4.69) is 14.9 Å². The molecule has 29 heavy (non-hydrogen) atoms. The van der Waals surface area contributed by atoms with Gasteiger partial charge in [-0.05, 0) is 50.6 Å². The number of benzene rings is 1. The second kappa shape index (κ2) is 10.1. The van der Waals surface area contributed by atoms with Crippen LogP contribution < -0.4 is 10.5 Å². The number of anilines is 1. The summed E-state index contributed by atoms with van der Waals surface area (Å²) in [6.07, 6.45) is 5.05. The van der Waals surface area contributed by atoms with Crippen molar-refractivity contribution in [2.75, 3.05) is 50.1 Å². The topological polar surface area (TPSA) is 69.3 Å². The third kappa shape index (κ3) is 6.75. The smallest absolute Gasteiger partial charge is 0.290 e. The van der Waals surface area contributed by atoms with Gasteiger partial charge in [-0.25, -0.2) is 9.37 Å². The zero-order valence-electron chi connectivity index (χ0n) is 17.1.